The predicted molar refractivity (Wildman–Crippen MR) is 73.7 cm³/mol. The molecule has 20 heavy (non-hydrogen) atoms. The molecule has 1 amide bonds. The monoisotopic (exact) mass is 280 g/mol. The first-order valence-electron chi connectivity index (χ1n) is 6.55. The lowest BCUT2D eigenvalue weighted by Gasteiger charge is -2.37. The maximum absolute atomic E-state index is 12.3. The lowest BCUT2D eigenvalue weighted by molar-refractivity contribution is 0.0618. The van der Waals surface area contributed by atoms with Crippen LogP contribution >= 0.6 is 0 Å². The topological polar surface area (TPSA) is 111 Å². The molecule has 1 saturated heterocycles. The highest BCUT2D eigenvalue weighted by Gasteiger charge is 2.27. The Morgan fingerprint density at radius 1 is 1.50 bits per heavy atom. The normalized spacial score (nSPS) is 19.1. The Labute approximate surface area is 117 Å². The Morgan fingerprint density at radius 2 is 2.15 bits per heavy atom. The fraction of sp³-hybridized carbons (Fsp3) is 0.583. The van der Waals surface area contributed by atoms with Gasteiger partial charge >= 0.3 is 0 Å². The summed E-state index contributed by atoms with van der Waals surface area (Å²) in [5, 5.41) is 18.4. The summed E-state index contributed by atoms with van der Waals surface area (Å²) in [7, 11) is 0. The molecule has 0 aromatic carbocycles. The first-order valence-corrected chi connectivity index (χ1v) is 6.55. The van der Waals surface area contributed by atoms with E-state index < -0.39 is 0 Å². The largest absolute Gasteiger partial charge is 0.409 e. The standard InChI is InChI=1S/C12H20N6O2/c1-8-10(7-14-15-8)12(19)18-5-3-17(4-6-18)9(2)11(13)16-20/h7,9,20H,3-6H2,1-2H3,(H2,13,16)(H,14,15). The smallest absolute Gasteiger partial charge is 0.257 e. The van der Waals surface area contributed by atoms with Gasteiger partial charge in [-0.15, -0.1) is 0 Å². The molecule has 8 nitrogen and oxygen atoms in total. The molecular weight excluding hydrogens is 260 g/mol. The number of hydrogen-bond acceptors (Lipinski definition) is 5. The lowest BCUT2D eigenvalue weighted by atomic mass is 10.2. The zero-order chi connectivity index (χ0) is 14.7. The van der Waals surface area contributed by atoms with Crippen molar-refractivity contribution in [2.45, 2.75) is 19.9 Å². The number of amides is 1. The minimum atomic E-state index is -0.132. The molecule has 0 radical (unpaired) electrons. The van der Waals surface area contributed by atoms with E-state index in [1.807, 2.05) is 13.8 Å². The average molecular weight is 280 g/mol. The fourth-order valence-corrected chi connectivity index (χ4v) is 2.32. The van der Waals surface area contributed by atoms with Gasteiger partial charge in [-0.2, -0.15) is 5.10 Å². The first kappa shape index (κ1) is 14.3. The third-order valence-corrected chi connectivity index (χ3v) is 3.75. The van der Waals surface area contributed by atoms with E-state index in [9.17, 15) is 4.79 Å². The van der Waals surface area contributed by atoms with E-state index >= 15 is 0 Å². The van der Waals surface area contributed by atoms with Gasteiger partial charge in [0.05, 0.1) is 17.8 Å². The number of oxime groups is 1. The third-order valence-electron chi connectivity index (χ3n) is 3.75. The van der Waals surface area contributed by atoms with Crippen LogP contribution in [0.5, 0.6) is 0 Å². The quantitative estimate of drug-likeness (QED) is 0.302. The number of piperazine rings is 1. The van der Waals surface area contributed by atoms with Crippen LogP contribution in [0.3, 0.4) is 0 Å². The lowest BCUT2D eigenvalue weighted by Crippen LogP contribution is -2.54. The van der Waals surface area contributed by atoms with E-state index in [2.05, 4.69) is 20.3 Å². The van der Waals surface area contributed by atoms with Crippen LogP contribution in [0.2, 0.25) is 0 Å². The molecule has 2 rings (SSSR count). The van der Waals surface area contributed by atoms with Crippen LogP contribution in [0, 0.1) is 6.92 Å². The molecule has 8 heteroatoms. The highest BCUT2D eigenvalue weighted by Crippen LogP contribution is 2.12. The number of rotatable bonds is 3. The summed E-state index contributed by atoms with van der Waals surface area (Å²) in [6.07, 6.45) is 1.56. The van der Waals surface area contributed by atoms with Crippen molar-refractivity contribution in [2.24, 2.45) is 10.9 Å². The second-order valence-electron chi connectivity index (χ2n) is 4.94. The number of hydrogen-bond donors (Lipinski definition) is 3. The number of carbonyl (C=O) groups is 1. The Hall–Kier alpha value is -2.09. The van der Waals surface area contributed by atoms with E-state index in [4.69, 9.17) is 10.9 Å². The zero-order valence-electron chi connectivity index (χ0n) is 11.7. The van der Waals surface area contributed by atoms with Crippen LogP contribution in [0.25, 0.3) is 0 Å². The van der Waals surface area contributed by atoms with Crippen molar-refractivity contribution in [3.05, 3.63) is 17.5 Å². The predicted octanol–water partition coefficient (Wildman–Crippen LogP) is -0.389. The molecule has 0 aliphatic carbocycles. The van der Waals surface area contributed by atoms with Gasteiger partial charge in [0.2, 0.25) is 0 Å². The molecule has 0 saturated carbocycles. The van der Waals surface area contributed by atoms with Gasteiger partial charge in [0.25, 0.3) is 5.91 Å². The number of aromatic nitrogens is 2. The SMILES string of the molecule is Cc1[nH]ncc1C(=O)N1CCN(C(C)C(N)=NO)CC1. The molecule has 1 aromatic heterocycles. The van der Waals surface area contributed by atoms with Gasteiger partial charge in [-0.3, -0.25) is 14.8 Å². The van der Waals surface area contributed by atoms with Crippen molar-refractivity contribution in [3.8, 4) is 0 Å². The summed E-state index contributed by atoms with van der Waals surface area (Å²) >= 11 is 0. The van der Waals surface area contributed by atoms with E-state index in [-0.39, 0.29) is 17.8 Å². The van der Waals surface area contributed by atoms with Crippen LogP contribution < -0.4 is 5.73 Å². The van der Waals surface area contributed by atoms with Crippen LogP contribution in [0.4, 0.5) is 0 Å². The van der Waals surface area contributed by atoms with Gasteiger partial charge in [-0.05, 0) is 13.8 Å². The van der Waals surface area contributed by atoms with Crippen molar-refractivity contribution in [1.82, 2.24) is 20.0 Å². The van der Waals surface area contributed by atoms with E-state index in [1.165, 1.54) is 0 Å². The summed E-state index contributed by atoms with van der Waals surface area (Å²) in [6, 6.07) is -0.132. The Balaban J connectivity index is 1.95. The van der Waals surface area contributed by atoms with Crippen LogP contribution in [-0.4, -0.2) is 69.2 Å². The molecule has 0 bridgehead atoms. The molecule has 1 unspecified atom stereocenters. The number of H-pyrrole nitrogens is 1. The van der Waals surface area contributed by atoms with Gasteiger partial charge in [0, 0.05) is 31.9 Å². The molecule has 1 aliphatic rings. The molecule has 0 spiro atoms. The van der Waals surface area contributed by atoms with Crippen LogP contribution in [-0.2, 0) is 0 Å². The Kier molecular flexibility index (Phi) is 4.23. The van der Waals surface area contributed by atoms with E-state index in [0.717, 1.165) is 5.69 Å². The van der Waals surface area contributed by atoms with Crippen molar-refractivity contribution >= 4 is 11.7 Å². The van der Waals surface area contributed by atoms with Gasteiger partial charge in [0.1, 0.15) is 0 Å². The average Bonchev–Trinajstić information content (AvgIpc) is 2.91. The fourth-order valence-electron chi connectivity index (χ4n) is 2.32. The summed E-state index contributed by atoms with van der Waals surface area (Å²) in [5.41, 5.74) is 7.00. The molecule has 4 N–H and O–H groups in total. The number of nitrogens with one attached hydrogen (secondary N) is 1. The Morgan fingerprint density at radius 3 is 2.65 bits per heavy atom. The maximum Gasteiger partial charge on any atom is 0.257 e. The van der Waals surface area contributed by atoms with Crippen molar-refractivity contribution in [1.29, 1.82) is 0 Å². The minimum absolute atomic E-state index is 0.00708. The van der Waals surface area contributed by atoms with Gasteiger partial charge in [-0.25, -0.2) is 0 Å². The number of nitrogens with zero attached hydrogens (tertiary/aromatic N) is 4. The molecule has 1 fully saturated rings. The number of aromatic amines is 1. The summed E-state index contributed by atoms with van der Waals surface area (Å²) in [4.78, 5) is 16.2. The number of aryl methyl sites for hydroxylation is 1. The molecule has 1 aromatic rings. The summed E-state index contributed by atoms with van der Waals surface area (Å²) in [5.74, 6) is 0.183. The minimum Gasteiger partial charge on any atom is -0.409 e. The second kappa shape index (κ2) is 5.91. The number of carbonyl (C=O) groups excluding carboxylic acids is 1. The molecular formula is C12H20N6O2. The molecule has 1 atom stereocenters. The van der Waals surface area contributed by atoms with Gasteiger partial charge < -0.3 is 15.8 Å². The molecule has 1 aliphatic heterocycles. The maximum atomic E-state index is 12.3. The number of nitrogens with two attached hydrogens (primary N) is 1. The van der Waals surface area contributed by atoms with Crippen LogP contribution in [0.1, 0.15) is 23.0 Å². The van der Waals surface area contributed by atoms with Gasteiger partial charge in [0.15, 0.2) is 5.84 Å². The second-order valence-corrected chi connectivity index (χ2v) is 4.94. The van der Waals surface area contributed by atoms with Gasteiger partial charge in [-0.1, -0.05) is 5.16 Å². The highest BCUT2D eigenvalue weighted by atomic mass is 16.4. The Bertz CT molecular complexity index is 504. The third kappa shape index (κ3) is 2.74. The van der Waals surface area contributed by atoms with E-state index in [0.29, 0.717) is 31.7 Å². The summed E-state index contributed by atoms with van der Waals surface area (Å²) in [6.45, 7) is 6.34. The summed E-state index contributed by atoms with van der Waals surface area (Å²) < 4.78 is 0. The van der Waals surface area contributed by atoms with Crippen molar-refractivity contribution in [3.63, 3.8) is 0 Å². The van der Waals surface area contributed by atoms with E-state index in [1.54, 1.807) is 11.1 Å². The van der Waals surface area contributed by atoms with Crippen molar-refractivity contribution in [2.75, 3.05) is 26.2 Å². The van der Waals surface area contributed by atoms with Crippen LogP contribution in [0.15, 0.2) is 11.4 Å². The van der Waals surface area contributed by atoms with Crippen molar-refractivity contribution < 1.29 is 10.0 Å². The number of amidine groups is 1. The first-order chi connectivity index (χ1) is 9.54. The molecule has 110 valence electrons. The highest BCUT2D eigenvalue weighted by molar-refractivity contribution is 5.95. The zero-order valence-corrected chi connectivity index (χ0v) is 11.7. The molecule has 2 heterocycles.